The van der Waals surface area contributed by atoms with Crippen molar-refractivity contribution in [1.82, 2.24) is 10.8 Å². The highest BCUT2D eigenvalue weighted by molar-refractivity contribution is 5.85. The molecule has 1 saturated heterocycles. The first-order valence-corrected chi connectivity index (χ1v) is 7.07. The van der Waals surface area contributed by atoms with Gasteiger partial charge in [0.25, 0.3) is 0 Å². The minimum absolute atomic E-state index is 0. The number of halogens is 2. The number of para-hydroxylation sites is 2. The van der Waals surface area contributed by atoms with Gasteiger partial charge < -0.3 is 19.8 Å². The van der Waals surface area contributed by atoms with Crippen LogP contribution in [-0.4, -0.2) is 39.3 Å². The summed E-state index contributed by atoms with van der Waals surface area (Å²) in [6.07, 6.45) is 3.01. The van der Waals surface area contributed by atoms with E-state index in [9.17, 15) is 0 Å². The van der Waals surface area contributed by atoms with E-state index in [0.717, 1.165) is 49.8 Å². The highest BCUT2D eigenvalue weighted by atomic mass is 35.5. The first-order chi connectivity index (χ1) is 9.88. The molecule has 1 atom stereocenters. The third-order valence-electron chi connectivity index (χ3n) is 3.80. The van der Waals surface area contributed by atoms with E-state index in [1.54, 1.807) is 7.11 Å². The molecule has 1 unspecified atom stereocenters. The molecule has 2 heterocycles. The molecule has 2 aliphatic heterocycles. The minimum Gasteiger partial charge on any atom is -0.495 e. The van der Waals surface area contributed by atoms with Crippen molar-refractivity contribution in [3.8, 4) is 5.75 Å². The first-order valence-electron chi connectivity index (χ1n) is 7.07. The van der Waals surface area contributed by atoms with Crippen LogP contribution in [0.3, 0.4) is 0 Å². The number of rotatable bonds is 4. The molecule has 0 bridgehead atoms. The van der Waals surface area contributed by atoms with Crippen LogP contribution in [0.5, 0.6) is 5.75 Å². The SMILES string of the molecule is COc1ccccc1N1CCNCC1CC1=CCNO1.Cl.Cl. The van der Waals surface area contributed by atoms with Crippen LogP contribution in [0.4, 0.5) is 5.69 Å². The van der Waals surface area contributed by atoms with Crippen LogP contribution in [0, 0.1) is 0 Å². The Morgan fingerprint density at radius 2 is 2.14 bits per heavy atom. The van der Waals surface area contributed by atoms with Crippen molar-refractivity contribution in [1.29, 1.82) is 0 Å². The fourth-order valence-electron chi connectivity index (χ4n) is 2.82. The Kier molecular flexibility index (Phi) is 7.82. The number of nitrogens with zero attached hydrogens (tertiary/aromatic N) is 1. The van der Waals surface area contributed by atoms with Crippen LogP contribution in [0.15, 0.2) is 36.1 Å². The van der Waals surface area contributed by atoms with E-state index in [-0.39, 0.29) is 24.8 Å². The number of nitrogens with one attached hydrogen (secondary N) is 2. The molecule has 2 aliphatic rings. The molecular formula is C15H23Cl2N3O2. The molecule has 1 fully saturated rings. The van der Waals surface area contributed by atoms with Gasteiger partial charge in [-0.15, -0.1) is 24.8 Å². The van der Waals surface area contributed by atoms with E-state index in [0.29, 0.717) is 6.04 Å². The summed E-state index contributed by atoms with van der Waals surface area (Å²) in [7, 11) is 1.72. The summed E-state index contributed by atoms with van der Waals surface area (Å²) in [4.78, 5) is 7.84. The second-order valence-corrected chi connectivity index (χ2v) is 5.05. The molecule has 3 rings (SSSR count). The van der Waals surface area contributed by atoms with E-state index in [1.165, 1.54) is 0 Å². The number of methoxy groups -OCH3 is 1. The zero-order valence-electron chi connectivity index (χ0n) is 12.6. The van der Waals surface area contributed by atoms with Gasteiger partial charge in [0, 0.05) is 32.1 Å². The normalized spacial score (nSPS) is 20.3. The molecule has 2 N–H and O–H groups in total. The maximum absolute atomic E-state index is 5.50. The van der Waals surface area contributed by atoms with E-state index in [2.05, 4.69) is 33.9 Å². The van der Waals surface area contributed by atoms with Gasteiger partial charge in [0.15, 0.2) is 0 Å². The van der Waals surface area contributed by atoms with Gasteiger partial charge >= 0.3 is 0 Å². The quantitative estimate of drug-likeness (QED) is 0.873. The number of piperazine rings is 1. The van der Waals surface area contributed by atoms with Crippen molar-refractivity contribution >= 4 is 30.5 Å². The predicted molar refractivity (Wildman–Crippen MR) is 93.3 cm³/mol. The summed E-state index contributed by atoms with van der Waals surface area (Å²) in [5.41, 5.74) is 4.04. The van der Waals surface area contributed by atoms with Gasteiger partial charge in [-0.05, 0) is 18.2 Å². The topological polar surface area (TPSA) is 45.8 Å². The molecule has 7 heteroatoms. The van der Waals surface area contributed by atoms with Crippen molar-refractivity contribution in [2.45, 2.75) is 12.5 Å². The summed E-state index contributed by atoms with van der Waals surface area (Å²) in [6.45, 7) is 3.72. The lowest BCUT2D eigenvalue weighted by molar-refractivity contribution is 0.128. The Balaban J connectivity index is 0.00000121. The van der Waals surface area contributed by atoms with Gasteiger partial charge in [-0.3, -0.25) is 0 Å². The molecule has 0 amide bonds. The molecule has 22 heavy (non-hydrogen) atoms. The zero-order valence-corrected chi connectivity index (χ0v) is 14.2. The Labute approximate surface area is 143 Å². The summed E-state index contributed by atoms with van der Waals surface area (Å²) >= 11 is 0. The van der Waals surface area contributed by atoms with E-state index < -0.39 is 0 Å². The molecule has 124 valence electrons. The molecule has 0 spiro atoms. The maximum Gasteiger partial charge on any atom is 0.142 e. The second-order valence-electron chi connectivity index (χ2n) is 5.05. The molecule has 0 radical (unpaired) electrons. The fourth-order valence-corrected chi connectivity index (χ4v) is 2.82. The Hall–Kier alpha value is -1.14. The van der Waals surface area contributed by atoms with Crippen molar-refractivity contribution in [3.05, 3.63) is 36.1 Å². The Bertz CT molecular complexity index is 499. The van der Waals surface area contributed by atoms with Gasteiger partial charge in [-0.25, -0.2) is 0 Å². The number of ether oxygens (including phenoxy) is 1. The number of hydroxylamine groups is 1. The summed E-state index contributed by atoms with van der Waals surface area (Å²) in [5.74, 6) is 1.96. The lowest BCUT2D eigenvalue weighted by atomic mass is 10.1. The standard InChI is InChI=1S/C15H21N3O2.2ClH/c1-19-15-5-3-2-4-14(15)18-9-8-16-11-12(18)10-13-6-7-17-20-13;;/h2-6,12,16-17H,7-11H2,1H3;2*1H. The van der Waals surface area contributed by atoms with Crippen molar-refractivity contribution < 1.29 is 9.57 Å². The first kappa shape index (κ1) is 18.9. The van der Waals surface area contributed by atoms with E-state index in [1.807, 2.05) is 12.1 Å². The van der Waals surface area contributed by atoms with Crippen LogP contribution in [0.25, 0.3) is 0 Å². The highest BCUT2D eigenvalue weighted by Crippen LogP contribution is 2.31. The summed E-state index contributed by atoms with van der Waals surface area (Å²) in [5, 5.41) is 3.46. The number of benzene rings is 1. The lowest BCUT2D eigenvalue weighted by Crippen LogP contribution is -2.51. The van der Waals surface area contributed by atoms with Crippen molar-refractivity contribution in [2.75, 3.05) is 38.2 Å². The second kappa shape index (κ2) is 9.10. The monoisotopic (exact) mass is 347 g/mol. The summed E-state index contributed by atoms with van der Waals surface area (Å²) in [6, 6.07) is 8.59. The maximum atomic E-state index is 5.50. The van der Waals surface area contributed by atoms with Gasteiger partial charge in [-0.2, -0.15) is 5.48 Å². The number of hydrogen-bond donors (Lipinski definition) is 2. The molecule has 0 aliphatic carbocycles. The Morgan fingerprint density at radius 3 is 2.86 bits per heavy atom. The van der Waals surface area contributed by atoms with Gasteiger partial charge in [0.2, 0.25) is 0 Å². The lowest BCUT2D eigenvalue weighted by Gasteiger charge is -2.38. The van der Waals surface area contributed by atoms with E-state index in [4.69, 9.17) is 9.57 Å². The largest absolute Gasteiger partial charge is 0.495 e. The average molecular weight is 348 g/mol. The fraction of sp³-hybridized carbons (Fsp3) is 0.467. The van der Waals surface area contributed by atoms with Crippen LogP contribution in [0.2, 0.25) is 0 Å². The molecule has 1 aromatic rings. The molecule has 0 aromatic heterocycles. The summed E-state index contributed by atoms with van der Waals surface area (Å²) < 4.78 is 5.50. The highest BCUT2D eigenvalue weighted by Gasteiger charge is 2.26. The van der Waals surface area contributed by atoms with Gasteiger partial charge in [0.1, 0.15) is 11.5 Å². The van der Waals surface area contributed by atoms with Crippen LogP contribution in [0.1, 0.15) is 6.42 Å². The van der Waals surface area contributed by atoms with Crippen LogP contribution < -0.4 is 20.4 Å². The van der Waals surface area contributed by atoms with Gasteiger partial charge in [-0.1, -0.05) is 12.1 Å². The minimum atomic E-state index is 0. The smallest absolute Gasteiger partial charge is 0.142 e. The van der Waals surface area contributed by atoms with Crippen LogP contribution >= 0.6 is 24.8 Å². The number of anilines is 1. The third-order valence-corrected chi connectivity index (χ3v) is 3.80. The van der Waals surface area contributed by atoms with Crippen molar-refractivity contribution in [3.63, 3.8) is 0 Å². The zero-order chi connectivity index (χ0) is 13.8. The van der Waals surface area contributed by atoms with Crippen LogP contribution in [-0.2, 0) is 4.84 Å². The Morgan fingerprint density at radius 1 is 1.32 bits per heavy atom. The van der Waals surface area contributed by atoms with E-state index >= 15 is 0 Å². The average Bonchev–Trinajstić information content (AvgIpc) is 3.01. The number of hydrogen-bond acceptors (Lipinski definition) is 5. The van der Waals surface area contributed by atoms with Crippen molar-refractivity contribution in [2.24, 2.45) is 0 Å². The van der Waals surface area contributed by atoms with Gasteiger partial charge in [0.05, 0.1) is 19.3 Å². The third kappa shape index (κ3) is 4.20. The molecule has 1 aromatic carbocycles. The molecule has 0 saturated carbocycles. The molecule has 5 nitrogen and oxygen atoms in total. The predicted octanol–water partition coefficient (Wildman–Crippen LogP) is 2.13. The molecular weight excluding hydrogens is 325 g/mol.